The molecule has 0 bridgehead atoms. The quantitative estimate of drug-likeness (QED) is 0.862. The number of benzene rings is 1. The molecule has 1 aromatic heterocycles. The number of nitrogens with zero attached hydrogens (tertiary/aromatic N) is 2. The first-order valence-electron chi connectivity index (χ1n) is 7.79. The topological polar surface area (TPSA) is 42.1 Å². The fraction of sp³-hybridized carbons (Fsp3) is 0.471. The molecule has 3 nitrogen and oxygen atoms in total. The van der Waals surface area contributed by atoms with Gasteiger partial charge in [-0.05, 0) is 62.3 Å². The smallest absolute Gasteiger partial charge is 0.0727 e. The minimum absolute atomic E-state index is 0.978. The van der Waals surface area contributed by atoms with Crippen molar-refractivity contribution in [3.05, 3.63) is 29.5 Å². The van der Waals surface area contributed by atoms with E-state index in [-0.39, 0.29) is 0 Å². The number of pyridine rings is 1. The lowest BCUT2D eigenvalue weighted by Crippen LogP contribution is -2.17. The predicted octanol–water partition coefficient (Wildman–Crippen LogP) is 3.30. The molecule has 2 aliphatic rings. The van der Waals surface area contributed by atoms with Crippen LogP contribution in [-0.4, -0.2) is 18.1 Å². The maximum absolute atomic E-state index is 6.45. The summed E-state index contributed by atoms with van der Waals surface area (Å²) in [5.74, 6) is 0. The number of hydrogen-bond acceptors (Lipinski definition) is 3. The van der Waals surface area contributed by atoms with Gasteiger partial charge in [0, 0.05) is 35.5 Å². The molecule has 0 amide bonds. The van der Waals surface area contributed by atoms with Crippen LogP contribution in [-0.2, 0) is 12.8 Å². The van der Waals surface area contributed by atoms with Crippen molar-refractivity contribution >= 4 is 22.3 Å². The standard InChI is InChI=1S/C17H21N3/c18-17-13-5-1-2-6-15(13)19-16-8-7-12(11-14(16)17)20-9-3-4-10-20/h7-8,11H,1-6,9-10H2,(H2,18,19). The molecule has 0 atom stereocenters. The van der Waals surface area contributed by atoms with Crippen LogP contribution in [0.3, 0.4) is 0 Å². The summed E-state index contributed by atoms with van der Waals surface area (Å²) >= 11 is 0. The van der Waals surface area contributed by atoms with Gasteiger partial charge in [-0.3, -0.25) is 4.98 Å². The van der Waals surface area contributed by atoms with E-state index in [1.165, 1.54) is 55.7 Å². The zero-order valence-electron chi connectivity index (χ0n) is 11.9. The Hall–Kier alpha value is -1.77. The minimum atomic E-state index is 0.978. The molecule has 1 aliphatic heterocycles. The van der Waals surface area contributed by atoms with E-state index in [0.717, 1.165) is 29.4 Å². The van der Waals surface area contributed by atoms with Crippen LogP contribution < -0.4 is 10.6 Å². The fourth-order valence-electron chi connectivity index (χ4n) is 3.62. The van der Waals surface area contributed by atoms with Gasteiger partial charge in [0.15, 0.2) is 0 Å². The van der Waals surface area contributed by atoms with E-state index in [0.29, 0.717) is 0 Å². The van der Waals surface area contributed by atoms with Crippen molar-refractivity contribution in [3.63, 3.8) is 0 Å². The molecule has 0 radical (unpaired) electrons. The Balaban J connectivity index is 1.86. The van der Waals surface area contributed by atoms with E-state index < -0.39 is 0 Å². The zero-order valence-corrected chi connectivity index (χ0v) is 11.9. The van der Waals surface area contributed by atoms with Gasteiger partial charge in [-0.25, -0.2) is 0 Å². The molecule has 1 aliphatic carbocycles. The number of aromatic nitrogens is 1. The molecule has 0 saturated carbocycles. The Morgan fingerprint density at radius 2 is 1.80 bits per heavy atom. The van der Waals surface area contributed by atoms with Crippen molar-refractivity contribution in [2.24, 2.45) is 0 Å². The second-order valence-corrected chi connectivity index (χ2v) is 6.05. The molecule has 0 spiro atoms. The van der Waals surface area contributed by atoms with Gasteiger partial charge in [-0.1, -0.05) is 0 Å². The van der Waals surface area contributed by atoms with Crippen molar-refractivity contribution in [2.45, 2.75) is 38.5 Å². The van der Waals surface area contributed by atoms with E-state index in [2.05, 4.69) is 23.1 Å². The first-order chi connectivity index (χ1) is 9.83. The third-order valence-corrected chi connectivity index (χ3v) is 4.76. The van der Waals surface area contributed by atoms with Gasteiger partial charge in [0.1, 0.15) is 0 Å². The zero-order chi connectivity index (χ0) is 13.5. The normalized spacial score (nSPS) is 18.5. The van der Waals surface area contributed by atoms with Gasteiger partial charge in [0.25, 0.3) is 0 Å². The summed E-state index contributed by atoms with van der Waals surface area (Å²) in [6.45, 7) is 2.34. The number of aryl methyl sites for hydroxylation is 1. The highest BCUT2D eigenvalue weighted by Crippen LogP contribution is 2.33. The summed E-state index contributed by atoms with van der Waals surface area (Å²) in [6.07, 6.45) is 7.28. The molecule has 1 aromatic carbocycles. The van der Waals surface area contributed by atoms with Crippen LogP contribution in [0.25, 0.3) is 10.9 Å². The molecule has 1 saturated heterocycles. The number of fused-ring (bicyclic) bond motifs is 2. The van der Waals surface area contributed by atoms with Gasteiger partial charge >= 0.3 is 0 Å². The largest absolute Gasteiger partial charge is 0.398 e. The summed E-state index contributed by atoms with van der Waals surface area (Å²) in [5.41, 5.74) is 12.3. The number of nitrogen functional groups attached to an aromatic ring is 1. The number of nitrogens with two attached hydrogens (primary N) is 1. The lowest BCUT2D eigenvalue weighted by atomic mass is 9.93. The Kier molecular flexibility index (Phi) is 2.79. The highest BCUT2D eigenvalue weighted by Gasteiger charge is 2.18. The molecule has 2 aromatic rings. The molecule has 20 heavy (non-hydrogen) atoms. The van der Waals surface area contributed by atoms with Crippen LogP contribution in [0.2, 0.25) is 0 Å². The van der Waals surface area contributed by atoms with E-state index in [9.17, 15) is 0 Å². The molecule has 0 unspecified atom stereocenters. The summed E-state index contributed by atoms with van der Waals surface area (Å²) < 4.78 is 0. The molecule has 4 rings (SSSR count). The fourth-order valence-corrected chi connectivity index (χ4v) is 3.62. The first kappa shape index (κ1) is 12.0. The van der Waals surface area contributed by atoms with Gasteiger partial charge < -0.3 is 10.6 Å². The van der Waals surface area contributed by atoms with Gasteiger partial charge in [0.05, 0.1) is 5.52 Å². The minimum Gasteiger partial charge on any atom is -0.398 e. The summed E-state index contributed by atoms with van der Waals surface area (Å²) in [5, 5.41) is 1.15. The van der Waals surface area contributed by atoms with E-state index in [4.69, 9.17) is 10.7 Å². The maximum atomic E-state index is 6.45. The lowest BCUT2D eigenvalue weighted by Gasteiger charge is -2.21. The van der Waals surface area contributed by atoms with E-state index in [1.54, 1.807) is 0 Å². The van der Waals surface area contributed by atoms with Crippen LogP contribution in [0.1, 0.15) is 36.9 Å². The highest BCUT2D eigenvalue weighted by molar-refractivity contribution is 5.94. The Morgan fingerprint density at radius 1 is 1.00 bits per heavy atom. The van der Waals surface area contributed by atoms with E-state index in [1.807, 2.05) is 0 Å². The molecule has 1 fully saturated rings. The first-order valence-corrected chi connectivity index (χ1v) is 7.79. The van der Waals surface area contributed by atoms with Crippen LogP contribution in [0.5, 0.6) is 0 Å². The second-order valence-electron chi connectivity index (χ2n) is 6.05. The number of anilines is 2. The third-order valence-electron chi connectivity index (χ3n) is 4.76. The van der Waals surface area contributed by atoms with Crippen molar-refractivity contribution in [1.82, 2.24) is 4.98 Å². The van der Waals surface area contributed by atoms with Gasteiger partial charge in [-0.2, -0.15) is 0 Å². The van der Waals surface area contributed by atoms with Crippen LogP contribution in [0.4, 0.5) is 11.4 Å². The maximum Gasteiger partial charge on any atom is 0.0727 e. The highest BCUT2D eigenvalue weighted by atomic mass is 15.1. The lowest BCUT2D eigenvalue weighted by molar-refractivity contribution is 0.673. The Labute approximate surface area is 119 Å². The van der Waals surface area contributed by atoms with Crippen molar-refractivity contribution in [1.29, 1.82) is 0 Å². The second kappa shape index (κ2) is 4.65. The van der Waals surface area contributed by atoms with Crippen LogP contribution in [0, 0.1) is 0 Å². The van der Waals surface area contributed by atoms with Crippen molar-refractivity contribution < 1.29 is 0 Å². The summed E-state index contributed by atoms with van der Waals surface area (Å²) in [7, 11) is 0. The summed E-state index contributed by atoms with van der Waals surface area (Å²) in [6, 6.07) is 6.60. The van der Waals surface area contributed by atoms with Crippen LogP contribution >= 0.6 is 0 Å². The van der Waals surface area contributed by atoms with Crippen molar-refractivity contribution in [2.75, 3.05) is 23.7 Å². The van der Waals surface area contributed by atoms with Crippen LogP contribution in [0.15, 0.2) is 18.2 Å². The predicted molar refractivity (Wildman–Crippen MR) is 84.2 cm³/mol. The Bertz CT molecular complexity index is 657. The van der Waals surface area contributed by atoms with E-state index >= 15 is 0 Å². The average Bonchev–Trinajstić information content (AvgIpc) is 3.02. The molecule has 2 heterocycles. The molecule has 2 N–H and O–H groups in total. The molecular formula is C17H21N3. The molecule has 104 valence electrons. The summed E-state index contributed by atoms with van der Waals surface area (Å²) in [4.78, 5) is 7.30. The molecule has 3 heteroatoms. The molecular weight excluding hydrogens is 246 g/mol. The number of rotatable bonds is 1. The Morgan fingerprint density at radius 3 is 2.65 bits per heavy atom. The van der Waals surface area contributed by atoms with Crippen molar-refractivity contribution in [3.8, 4) is 0 Å². The van der Waals surface area contributed by atoms with Gasteiger partial charge in [0.2, 0.25) is 0 Å². The SMILES string of the molecule is Nc1c2c(nc3ccc(N4CCCC4)cc13)CCCC2. The third kappa shape index (κ3) is 1.84. The number of hydrogen-bond donors (Lipinski definition) is 1. The average molecular weight is 267 g/mol. The van der Waals surface area contributed by atoms with Gasteiger partial charge in [-0.15, -0.1) is 0 Å². The monoisotopic (exact) mass is 267 g/mol.